The minimum Gasteiger partial charge on any atom is -0.292 e. The van der Waals surface area contributed by atoms with Gasteiger partial charge in [-0.3, -0.25) is 4.79 Å². The molecule has 72 valence electrons. The first-order valence-electron chi connectivity index (χ1n) is 4.61. The fraction of sp³-hybridized carbons (Fsp3) is 0.273. The van der Waals surface area contributed by atoms with Gasteiger partial charge in [0.15, 0.2) is 10.8 Å². The molecule has 0 spiro atoms. The molecule has 0 amide bonds. The zero-order valence-corrected chi connectivity index (χ0v) is 9.02. The second-order valence-corrected chi connectivity index (χ2v) is 4.25. The Hall–Kier alpha value is -1.22. The van der Waals surface area contributed by atoms with Crippen LogP contribution in [0, 0.1) is 6.92 Å². The van der Waals surface area contributed by atoms with E-state index in [4.69, 9.17) is 0 Å². The maximum absolute atomic E-state index is 11.4. The maximum atomic E-state index is 11.4. The number of rotatable bonds is 2. The molecular weight excluding hydrogens is 194 g/mol. The summed E-state index contributed by atoms with van der Waals surface area (Å²) < 4.78 is 1.10. The van der Waals surface area contributed by atoms with Crippen molar-refractivity contribution < 1.29 is 4.79 Å². The van der Waals surface area contributed by atoms with Crippen LogP contribution in [0.15, 0.2) is 18.2 Å². The third kappa shape index (κ3) is 1.44. The molecular formula is C11H11NOS. The van der Waals surface area contributed by atoms with Crippen LogP contribution < -0.4 is 0 Å². The Morgan fingerprint density at radius 2 is 2.29 bits per heavy atom. The van der Waals surface area contributed by atoms with Crippen molar-refractivity contribution in [2.45, 2.75) is 20.3 Å². The third-order valence-electron chi connectivity index (χ3n) is 2.18. The molecule has 0 saturated heterocycles. The SMILES string of the molecule is CCC(=O)c1nc2c(C)cccc2s1. The summed E-state index contributed by atoms with van der Waals surface area (Å²) in [5.74, 6) is 0.130. The largest absolute Gasteiger partial charge is 0.292 e. The molecule has 3 heteroatoms. The van der Waals surface area contributed by atoms with E-state index in [1.807, 2.05) is 32.0 Å². The van der Waals surface area contributed by atoms with Crippen molar-refractivity contribution >= 4 is 27.3 Å². The van der Waals surface area contributed by atoms with E-state index in [9.17, 15) is 4.79 Å². The molecule has 2 aromatic rings. The predicted molar refractivity (Wildman–Crippen MR) is 59.0 cm³/mol. The maximum Gasteiger partial charge on any atom is 0.191 e. The number of thiazole rings is 1. The number of aromatic nitrogens is 1. The number of hydrogen-bond donors (Lipinski definition) is 0. The number of nitrogens with zero attached hydrogens (tertiary/aromatic N) is 1. The smallest absolute Gasteiger partial charge is 0.191 e. The number of Topliss-reactive ketones (excluding diaryl/α,β-unsaturated/α-hetero) is 1. The van der Waals surface area contributed by atoms with Gasteiger partial charge >= 0.3 is 0 Å². The molecule has 0 aliphatic heterocycles. The van der Waals surface area contributed by atoms with E-state index < -0.39 is 0 Å². The quantitative estimate of drug-likeness (QED) is 0.705. The molecule has 0 atom stereocenters. The van der Waals surface area contributed by atoms with Gasteiger partial charge in [0.2, 0.25) is 0 Å². The number of fused-ring (bicyclic) bond motifs is 1. The Morgan fingerprint density at radius 3 is 2.93 bits per heavy atom. The van der Waals surface area contributed by atoms with E-state index >= 15 is 0 Å². The zero-order chi connectivity index (χ0) is 10.1. The number of para-hydroxylation sites is 1. The molecule has 2 rings (SSSR count). The van der Waals surface area contributed by atoms with Crippen LogP contribution in [-0.2, 0) is 0 Å². The molecule has 0 unspecified atom stereocenters. The fourth-order valence-electron chi connectivity index (χ4n) is 1.36. The monoisotopic (exact) mass is 205 g/mol. The van der Waals surface area contributed by atoms with Crippen LogP contribution in [0.5, 0.6) is 0 Å². The van der Waals surface area contributed by atoms with Crippen LogP contribution in [-0.4, -0.2) is 10.8 Å². The molecule has 0 radical (unpaired) electrons. The van der Waals surface area contributed by atoms with Crippen LogP contribution in [0.4, 0.5) is 0 Å². The van der Waals surface area contributed by atoms with Gasteiger partial charge < -0.3 is 0 Å². The van der Waals surface area contributed by atoms with E-state index in [-0.39, 0.29) is 5.78 Å². The van der Waals surface area contributed by atoms with Gasteiger partial charge in [-0.25, -0.2) is 4.98 Å². The fourth-order valence-corrected chi connectivity index (χ4v) is 2.41. The first kappa shape index (κ1) is 9.34. The first-order chi connectivity index (χ1) is 6.72. The Bertz CT molecular complexity index is 487. The topological polar surface area (TPSA) is 30.0 Å². The lowest BCUT2D eigenvalue weighted by atomic mass is 10.2. The molecule has 0 aliphatic rings. The van der Waals surface area contributed by atoms with Gasteiger partial charge in [0.05, 0.1) is 10.2 Å². The van der Waals surface area contributed by atoms with Gasteiger partial charge in [-0.15, -0.1) is 11.3 Å². The summed E-state index contributed by atoms with van der Waals surface area (Å²) in [6.07, 6.45) is 0.527. The van der Waals surface area contributed by atoms with Crippen molar-refractivity contribution in [1.29, 1.82) is 0 Å². The minimum atomic E-state index is 0.130. The highest BCUT2D eigenvalue weighted by atomic mass is 32.1. The van der Waals surface area contributed by atoms with Crippen LogP contribution in [0.25, 0.3) is 10.2 Å². The molecule has 1 aromatic carbocycles. The summed E-state index contributed by atoms with van der Waals surface area (Å²) in [5, 5.41) is 0.636. The van der Waals surface area contributed by atoms with Gasteiger partial charge in [0.1, 0.15) is 0 Å². The number of aryl methyl sites for hydroxylation is 1. The number of carbonyl (C=O) groups excluding carboxylic acids is 1. The zero-order valence-electron chi connectivity index (χ0n) is 8.20. The van der Waals surface area contributed by atoms with Gasteiger partial charge in [-0.05, 0) is 18.6 Å². The Kier molecular flexibility index (Phi) is 2.33. The minimum absolute atomic E-state index is 0.130. The molecule has 0 N–H and O–H groups in total. The Labute approximate surface area is 86.6 Å². The van der Waals surface area contributed by atoms with Gasteiger partial charge in [-0.1, -0.05) is 19.1 Å². The van der Waals surface area contributed by atoms with Crippen molar-refractivity contribution in [2.24, 2.45) is 0 Å². The number of benzene rings is 1. The van der Waals surface area contributed by atoms with Crippen molar-refractivity contribution in [3.05, 3.63) is 28.8 Å². The molecule has 0 saturated carbocycles. The normalized spacial score (nSPS) is 10.7. The summed E-state index contributed by atoms with van der Waals surface area (Å²) in [6.45, 7) is 3.88. The van der Waals surface area contributed by atoms with Gasteiger partial charge in [-0.2, -0.15) is 0 Å². The van der Waals surface area contributed by atoms with E-state index in [0.29, 0.717) is 11.4 Å². The highest BCUT2D eigenvalue weighted by Gasteiger charge is 2.10. The van der Waals surface area contributed by atoms with Crippen LogP contribution in [0.2, 0.25) is 0 Å². The molecule has 0 bridgehead atoms. The van der Waals surface area contributed by atoms with Crippen molar-refractivity contribution in [3.8, 4) is 0 Å². The van der Waals surface area contributed by atoms with Gasteiger partial charge in [0.25, 0.3) is 0 Å². The first-order valence-corrected chi connectivity index (χ1v) is 5.43. The van der Waals surface area contributed by atoms with Crippen molar-refractivity contribution in [3.63, 3.8) is 0 Å². The summed E-state index contributed by atoms with van der Waals surface area (Å²) in [5.41, 5.74) is 2.10. The summed E-state index contributed by atoms with van der Waals surface area (Å²) in [6, 6.07) is 6.02. The summed E-state index contributed by atoms with van der Waals surface area (Å²) in [4.78, 5) is 15.8. The van der Waals surface area contributed by atoms with Crippen molar-refractivity contribution in [2.75, 3.05) is 0 Å². The molecule has 0 aliphatic carbocycles. The van der Waals surface area contributed by atoms with Gasteiger partial charge in [0, 0.05) is 6.42 Å². The third-order valence-corrected chi connectivity index (χ3v) is 3.24. The molecule has 1 heterocycles. The van der Waals surface area contributed by atoms with E-state index in [1.54, 1.807) is 0 Å². The van der Waals surface area contributed by atoms with Crippen LogP contribution in [0.1, 0.15) is 28.7 Å². The predicted octanol–water partition coefficient (Wildman–Crippen LogP) is 3.20. The van der Waals surface area contributed by atoms with E-state index in [0.717, 1.165) is 15.8 Å². The summed E-state index contributed by atoms with van der Waals surface area (Å²) in [7, 11) is 0. The average molecular weight is 205 g/mol. The van der Waals surface area contributed by atoms with Crippen LogP contribution in [0.3, 0.4) is 0 Å². The lowest BCUT2D eigenvalue weighted by Gasteiger charge is -1.90. The standard InChI is InChI=1S/C11H11NOS/c1-3-8(13)11-12-10-7(2)5-4-6-9(10)14-11/h4-6H,3H2,1-2H3. The highest BCUT2D eigenvalue weighted by molar-refractivity contribution is 7.20. The molecule has 1 aromatic heterocycles. The average Bonchev–Trinajstić information content (AvgIpc) is 2.62. The number of ketones is 1. The molecule has 14 heavy (non-hydrogen) atoms. The molecule has 2 nitrogen and oxygen atoms in total. The molecule has 0 fully saturated rings. The highest BCUT2D eigenvalue weighted by Crippen LogP contribution is 2.25. The lowest BCUT2D eigenvalue weighted by Crippen LogP contribution is -1.94. The Balaban J connectivity index is 2.62. The lowest BCUT2D eigenvalue weighted by molar-refractivity contribution is 0.0988. The second kappa shape index (κ2) is 3.50. The Morgan fingerprint density at radius 1 is 1.50 bits per heavy atom. The summed E-state index contributed by atoms with van der Waals surface area (Å²) >= 11 is 1.48. The van der Waals surface area contributed by atoms with E-state index in [2.05, 4.69) is 4.98 Å². The number of hydrogen-bond acceptors (Lipinski definition) is 3. The van der Waals surface area contributed by atoms with E-state index in [1.165, 1.54) is 11.3 Å². The van der Waals surface area contributed by atoms with Crippen molar-refractivity contribution in [1.82, 2.24) is 4.98 Å². The second-order valence-electron chi connectivity index (χ2n) is 3.22. The van der Waals surface area contributed by atoms with Crippen LogP contribution >= 0.6 is 11.3 Å². The number of carbonyl (C=O) groups is 1.